The van der Waals surface area contributed by atoms with E-state index in [1.54, 1.807) is 6.07 Å². The van der Waals surface area contributed by atoms with Gasteiger partial charge in [0.05, 0.1) is 24.6 Å². The number of halogens is 2. The van der Waals surface area contributed by atoms with Gasteiger partial charge in [-0.25, -0.2) is 8.78 Å². The topological polar surface area (TPSA) is 39.2 Å². The number of hydrogen-bond donors (Lipinski definition) is 0. The van der Waals surface area contributed by atoms with Crippen LogP contribution in [0.25, 0.3) is 11.3 Å². The third-order valence-corrected chi connectivity index (χ3v) is 2.46. The van der Waals surface area contributed by atoms with Crippen molar-refractivity contribution in [2.45, 2.75) is 0 Å². The van der Waals surface area contributed by atoms with Crippen molar-refractivity contribution in [1.82, 2.24) is 4.98 Å². The minimum absolute atomic E-state index is 0.108. The molecule has 0 saturated carbocycles. The molecule has 0 aliphatic carbocycles. The van der Waals surface area contributed by atoms with Crippen molar-refractivity contribution < 1.29 is 18.3 Å². The first-order chi connectivity index (χ1) is 8.65. The van der Waals surface area contributed by atoms with Crippen LogP contribution in [0.2, 0.25) is 0 Å². The van der Waals surface area contributed by atoms with E-state index in [1.807, 2.05) is 0 Å². The zero-order valence-electron chi connectivity index (χ0n) is 9.48. The maximum Gasteiger partial charge on any atom is 0.165 e. The Labute approximate surface area is 102 Å². The van der Waals surface area contributed by atoms with Crippen LogP contribution in [0.3, 0.4) is 0 Å². The molecule has 92 valence electrons. The molecule has 0 aliphatic rings. The number of aldehydes is 1. The highest BCUT2D eigenvalue weighted by molar-refractivity contribution is 5.78. The SMILES string of the molecule is COc1ccc(-c2cc(C=O)c(F)cn2)cc1F. The molecular weight excluding hydrogens is 240 g/mol. The highest BCUT2D eigenvalue weighted by Gasteiger charge is 2.09. The number of benzene rings is 1. The maximum absolute atomic E-state index is 13.5. The summed E-state index contributed by atoms with van der Waals surface area (Å²) in [4.78, 5) is 14.4. The number of ether oxygens (including phenoxy) is 1. The molecule has 3 nitrogen and oxygen atoms in total. The number of pyridine rings is 1. The average molecular weight is 249 g/mol. The lowest BCUT2D eigenvalue weighted by molar-refractivity contribution is 0.111. The van der Waals surface area contributed by atoms with Crippen molar-refractivity contribution in [3.05, 3.63) is 47.7 Å². The lowest BCUT2D eigenvalue weighted by atomic mass is 10.1. The minimum atomic E-state index is -0.706. The summed E-state index contributed by atoms with van der Waals surface area (Å²) in [5.41, 5.74) is 0.646. The zero-order valence-corrected chi connectivity index (χ0v) is 9.48. The summed E-state index contributed by atoms with van der Waals surface area (Å²) in [7, 11) is 1.36. The van der Waals surface area contributed by atoms with Gasteiger partial charge in [0.15, 0.2) is 23.7 Å². The Balaban J connectivity index is 2.48. The van der Waals surface area contributed by atoms with Gasteiger partial charge >= 0.3 is 0 Å². The maximum atomic E-state index is 13.5. The second-order valence-electron chi connectivity index (χ2n) is 3.56. The van der Waals surface area contributed by atoms with Crippen molar-refractivity contribution >= 4 is 6.29 Å². The summed E-state index contributed by atoms with van der Waals surface area (Å²) in [5, 5.41) is 0. The van der Waals surface area contributed by atoms with E-state index in [0.29, 0.717) is 17.5 Å². The fourth-order valence-corrected chi connectivity index (χ4v) is 1.53. The van der Waals surface area contributed by atoms with E-state index < -0.39 is 11.6 Å². The lowest BCUT2D eigenvalue weighted by Gasteiger charge is -2.05. The number of carbonyl (C=O) groups is 1. The van der Waals surface area contributed by atoms with Crippen LogP contribution < -0.4 is 4.74 Å². The van der Waals surface area contributed by atoms with Gasteiger partial charge in [0.25, 0.3) is 0 Å². The molecule has 0 amide bonds. The summed E-state index contributed by atoms with van der Waals surface area (Å²) < 4.78 is 31.4. The van der Waals surface area contributed by atoms with Crippen molar-refractivity contribution in [1.29, 1.82) is 0 Å². The van der Waals surface area contributed by atoms with Crippen LogP contribution >= 0.6 is 0 Å². The van der Waals surface area contributed by atoms with Gasteiger partial charge in [-0.1, -0.05) is 0 Å². The fraction of sp³-hybridized carbons (Fsp3) is 0.0769. The van der Waals surface area contributed by atoms with Crippen LogP contribution in [0.15, 0.2) is 30.5 Å². The molecule has 0 atom stereocenters. The quantitative estimate of drug-likeness (QED) is 0.785. The normalized spacial score (nSPS) is 10.2. The molecule has 1 aromatic carbocycles. The van der Waals surface area contributed by atoms with E-state index >= 15 is 0 Å². The van der Waals surface area contributed by atoms with Gasteiger partial charge in [-0.15, -0.1) is 0 Å². The Kier molecular flexibility index (Phi) is 3.32. The predicted octanol–water partition coefficient (Wildman–Crippen LogP) is 2.85. The van der Waals surface area contributed by atoms with Gasteiger partial charge in [-0.2, -0.15) is 0 Å². The van der Waals surface area contributed by atoms with Gasteiger partial charge < -0.3 is 4.74 Å². The number of methoxy groups -OCH3 is 1. The molecule has 18 heavy (non-hydrogen) atoms. The monoisotopic (exact) mass is 249 g/mol. The molecular formula is C13H9F2NO2. The molecule has 5 heteroatoms. The van der Waals surface area contributed by atoms with E-state index in [0.717, 1.165) is 6.20 Å². The Morgan fingerprint density at radius 3 is 2.61 bits per heavy atom. The largest absolute Gasteiger partial charge is 0.494 e. The molecule has 1 heterocycles. The number of carbonyl (C=O) groups excluding carboxylic acids is 1. The molecule has 0 saturated heterocycles. The Hall–Kier alpha value is -2.30. The molecule has 0 N–H and O–H groups in total. The molecule has 1 aromatic heterocycles. The third kappa shape index (κ3) is 2.20. The zero-order chi connectivity index (χ0) is 13.1. The van der Waals surface area contributed by atoms with Crippen molar-refractivity contribution in [3.8, 4) is 17.0 Å². The summed E-state index contributed by atoms with van der Waals surface area (Å²) in [6.07, 6.45) is 1.32. The molecule has 0 spiro atoms. The Morgan fingerprint density at radius 1 is 1.22 bits per heavy atom. The van der Waals surface area contributed by atoms with Crippen molar-refractivity contribution in [2.75, 3.05) is 7.11 Å². The van der Waals surface area contributed by atoms with Gasteiger partial charge in [-0.3, -0.25) is 9.78 Å². The highest BCUT2D eigenvalue weighted by atomic mass is 19.1. The van der Waals surface area contributed by atoms with Gasteiger partial charge in [-0.05, 0) is 24.3 Å². The van der Waals surface area contributed by atoms with Gasteiger partial charge in [0, 0.05) is 5.56 Å². The van der Waals surface area contributed by atoms with Crippen LogP contribution in [0, 0.1) is 11.6 Å². The van der Waals surface area contributed by atoms with Gasteiger partial charge in [0.1, 0.15) is 0 Å². The molecule has 0 radical (unpaired) electrons. The van der Waals surface area contributed by atoms with E-state index in [1.165, 1.54) is 25.3 Å². The minimum Gasteiger partial charge on any atom is -0.494 e. The molecule has 2 aromatic rings. The number of hydrogen-bond acceptors (Lipinski definition) is 3. The Morgan fingerprint density at radius 2 is 2.00 bits per heavy atom. The van der Waals surface area contributed by atoms with Crippen LogP contribution in [0.4, 0.5) is 8.78 Å². The summed E-state index contributed by atoms with van der Waals surface area (Å²) >= 11 is 0. The van der Waals surface area contributed by atoms with E-state index in [-0.39, 0.29) is 11.3 Å². The molecule has 0 aliphatic heterocycles. The fourth-order valence-electron chi connectivity index (χ4n) is 1.53. The predicted molar refractivity (Wildman–Crippen MR) is 61.5 cm³/mol. The highest BCUT2D eigenvalue weighted by Crippen LogP contribution is 2.24. The van der Waals surface area contributed by atoms with Crippen molar-refractivity contribution in [2.24, 2.45) is 0 Å². The van der Waals surface area contributed by atoms with E-state index in [4.69, 9.17) is 4.74 Å². The molecule has 2 rings (SSSR count). The standard InChI is InChI=1S/C13H9F2NO2/c1-18-13-3-2-8(4-10(13)14)12-5-9(7-17)11(15)6-16-12/h2-7H,1H3. The third-order valence-electron chi connectivity index (χ3n) is 2.46. The summed E-state index contributed by atoms with van der Waals surface area (Å²) in [5.74, 6) is -1.15. The first-order valence-corrected chi connectivity index (χ1v) is 5.10. The first kappa shape index (κ1) is 12.2. The molecule has 0 fully saturated rings. The number of nitrogens with zero attached hydrogens (tertiary/aromatic N) is 1. The summed E-state index contributed by atoms with van der Waals surface area (Å²) in [6.45, 7) is 0. The smallest absolute Gasteiger partial charge is 0.165 e. The van der Waals surface area contributed by atoms with Crippen molar-refractivity contribution in [3.63, 3.8) is 0 Å². The second kappa shape index (κ2) is 4.91. The molecule has 0 bridgehead atoms. The first-order valence-electron chi connectivity index (χ1n) is 5.10. The average Bonchev–Trinajstić information content (AvgIpc) is 2.39. The van der Waals surface area contributed by atoms with Gasteiger partial charge in [0.2, 0.25) is 0 Å². The van der Waals surface area contributed by atoms with E-state index in [2.05, 4.69) is 4.98 Å². The van der Waals surface area contributed by atoms with Crippen LogP contribution in [-0.4, -0.2) is 18.4 Å². The van der Waals surface area contributed by atoms with Crippen LogP contribution in [0.5, 0.6) is 5.75 Å². The summed E-state index contributed by atoms with van der Waals surface area (Å²) in [6, 6.07) is 5.50. The lowest BCUT2D eigenvalue weighted by Crippen LogP contribution is -1.94. The van der Waals surface area contributed by atoms with E-state index in [9.17, 15) is 13.6 Å². The second-order valence-corrected chi connectivity index (χ2v) is 3.56. The van der Waals surface area contributed by atoms with Crippen LogP contribution in [0.1, 0.15) is 10.4 Å². The van der Waals surface area contributed by atoms with Crippen LogP contribution in [-0.2, 0) is 0 Å². The Bertz CT molecular complexity index is 600. The molecule has 0 unspecified atom stereocenters. The number of aromatic nitrogens is 1. The number of rotatable bonds is 3.